The van der Waals surface area contributed by atoms with Crippen molar-refractivity contribution in [3.63, 3.8) is 0 Å². The summed E-state index contributed by atoms with van der Waals surface area (Å²) in [6.45, 7) is 0. The second-order valence-corrected chi connectivity index (χ2v) is 4.71. The van der Waals surface area contributed by atoms with Crippen molar-refractivity contribution in [2.24, 2.45) is 0 Å². The molecular formula is C12H3ClIN5. The van der Waals surface area contributed by atoms with E-state index in [1.165, 1.54) is 6.07 Å². The number of nitrogens with zero attached hydrogens (tertiary/aromatic N) is 4. The van der Waals surface area contributed by atoms with Crippen molar-refractivity contribution in [3.05, 3.63) is 37.6 Å². The van der Waals surface area contributed by atoms with Gasteiger partial charge in [0.1, 0.15) is 23.9 Å². The van der Waals surface area contributed by atoms with Crippen molar-refractivity contribution in [2.45, 2.75) is 0 Å². The van der Waals surface area contributed by atoms with Crippen molar-refractivity contribution in [1.82, 2.24) is 0 Å². The Bertz CT molecular complexity index is 685. The summed E-state index contributed by atoms with van der Waals surface area (Å²) in [7, 11) is 0. The summed E-state index contributed by atoms with van der Waals surface area (Å²) < 4.78 is 0.602. The molecule has 0 bridgehead atoms. The zero-order chi connectivity index (χ0) is 14.4. The number of anilines is 1. The van der Waals surface area contributed by atoms with Gasteiger partial charge in [-0.3, -0.25) is 0 Å². The van der Waals surface area contributed by atoms with Crippen LogP contribution in [0.2, 0.25) is 5.02 Å². The van der Waals surface area contributed by atoms with Crippen LogP contribution >= 0.6 is 34.2 Å². The maximum Gasteiger partial charge on any atom is 0.163 e. The van der Waals surface area contributed by atoms with E-state index < -0.39 is 0 Å². The fourth-order valence-corrected chi connectivity index (χ4v) is 2.35. The van der Waals surface area contributed by atoms with E-state index in [9.17, 15) is 0 Å². The molecule has 0 aliphatic heterocycles. The van der Waals surface area contributed by atoms with Crippen LogP contribution < -0.4 is 5.32 Å². The molecule has 5 nitrogen and oxygen atoms in total. The molecule has 0 aromatic heterocycles. The van der Waals surface area contributed by atoms with Crippen LogP contribution in [-0.2, 0) is 0 Å². The molecule has 1 rings (SSSR count). The van der Waals surface area contributed by atoms with E-state index in [0.29, 0.717) is 14.8 Å². The van der Waals surface area contributed by atoms with Gasteiger partial charge in [-0.05, 0) is 34.7 Å². The minimum Gasteiger partial charge on any atom is -0.343 e. The lowest BCUT2D eigenvalue weighted by atomic mass is 10.2. The lowest BCUT2D eigenvalue weighted by molar-refractivity contribution is 1.36. The van der Waals surface area contributed by atoms with Crippen molar-refractivity contribution in [1.29, 1.82) is 21.0 Å². The molecule has 0 aliphatic carbocycles. The molecule has 0 radical (unpaired) electrons. The molecule has 0 spiro atoms. The van der Waals surface area contributed by atoms with Gasteiger partial charge in [0.2, 0.25) is 0 Å². The molecule has 19 heavy (non-hydrogen) atoms. The molecule has 0 aliphatic rings. The number of nitrogens with one attached hydrogen (secondary N) is 1. The lowest BCUT2D eigenvalue weighted by Gasteiger charge is -2.09. The van der Waals surface area contributed by atoms with Crippen molar-refractivity contribution in [3.8, 4) is 24.3 Å². The third-order valence-corrected chi connectivity index (χ3v) is 3.16. The van der Waals surface area contributed by atoms with Crippen LogP contribution in [-0.4, -0.2) is 0 Å². The Morgan fingerprint density at radius 3 is 2.16 bits per heavy atom. The number of benzene rings is 1. The summed E-state index contributed by atoms with van der Waals surface area (Å²) in [6.07, 6.45) is 0. The Morgan fingerprint density at radius 1 is 1.11 bits per heavy atom. The maximum absolute atomic E-state index is 8.93. The van der Waals surface area contributed by atoms with Crippen molar-refractivity contribution >= 4 is 39.9 Å². The molecule has 0 atom stereocenters. The average Bonchev–Trinajstić information content (AvgIpc) is 2.41. The van der Waals surface area contributed by atoms with Crippen LogP contribution in [0.4, 0.5) is 5.69 Å². The lowest BCUT2D eigenvalue weighted by Crippen LogP contribution is -2.03. The fraction of sp³-hybridized carbons (Fsp3) is 0. The van der Waals surface area contributed by atoms with Crippen molar-refractivity contribution in [2.75, 3.05) is 5.32 Å². The highest BCUT2D eigenvalue weighted by molar-refractivity contribution is 14.1. The number of rotatable bonds is 2. The van der Waals surface area contributed by atoms with E-state index in [2.05, 4.69) is 5.32 Å². The Balaban J connectivity index is 3.34. The summed E-state index contributed by atoms with van der Waals surface area (Å²) >= 11 is 7.93. The van der Waals surface area contributed by atoms with Crippen LogP contribution in [0.15, 0.2) is 23.4 Å². The van der Waals surface area contributed by atoms with Gasteiger partial charge in [-0.1, -0.05) is 11.6 Å². The third kappa shape index (κ3) is 3.36. The van der Waals surface area contributed by atoms with Crippen LogP contribution in [0.3, 0.4) is 0 Å². The Kier molecular flexibility index (Phi) is 5.15. The van der Waals surface area contributed by atoms with Gasteiger partial charge in [0, 0.05) is 3.57 Å². The number of hydrogen-bond donors (Lipinski definition) is 1. The average molecular weight is 380 g/mol. The Labute approximate surface area is 128 Å². The van der Waals surface area contributed by atoms with E-state index in [1.807, 2.05) is 28.7 Å². The van der Waals surface area contributed by atoms with Crippen LogP contribution in [0.5, 0.6) is 0 Å². The van der Waals surface area contributed by atoms with Crippen molar-refractivity contribution < 1.29 is 0 Å². The largest absolute Gasteiger partial charge is 0.343 e. The van der Waals surface area contributed by atoms with Gasteiger partial charge in [-0.25, -0.2) is 0 Å². The molecule has 0 unspecified atom stereocenters. The SMILES string of the molecule is N#CC(C#N)=C(C#N)Nc1c(Cl)cc(C#N)cc1I. The van der Waals surface area contributed by atoms with Gasteiger partial charge < -0.3 is 5.32 Å². The van der Waals surface area contributed by atoms with Crippen LogP contribution in [0.1, 0.15) is 5.56 Å². The molecule has 0 amide bonds. The van der Waals surface area contributed by atoms with Gasteiger partial charge in [0.15, 0.2) is 5.57 Å². The van der Waals surface area contributed by atoms with E-state index in [0.717, 1.165) is 0 Å². The highest BCUT2D eigenvalue weighted by Gasteiger charge is 2.12. The van der Waals surface area contributed by atoms with E-state index >= 15 is 0 Å². The first-order valence-electron chi connectivity index (χ1n) is 4.68. The van der Waals surface area contributed by atoms with Gasteiger partial charge in [0.05, 0.1) is 22.3 Å². The zero-order valence-electron chi connectivity index (χ0n) is 9.20. The predicted molar refractivity (Wildman–Crippen MR) is 76.4 cm³/mol. The second kappa shape index (κ2) is 6.61. The second-order valence-electron chi connectivity index (χ2n) is 3.14. The molecule has 1 aromatic carbocycles. The third-order valence-electron chi connectivity index (χ3n) is 2.01. The van der Waals surface area contributed by atoms with E-state index in [4.69, 9.17) is 32.6 Å². The molecule has 0 saturated heterocycles. The molecule has 90 valence electrons. The van der Waals surface area contributed by atoms with Crippen LogP contribution in [0, 0.1) is 48.9 Å². The molecule has 0 fully saturated rings. The fourth-order valence-electron chi connectivity index (χ4n) is 1.17. The molecule has 0 saturated carbocycles. The molecule has 1 N–H and O–H groups in total. The first-order valence-corrected chi connectivity index (χ1v) is 6.13. The van der Waals surface area contributed by atoms with E-state index in [1.54, 1.807) is 24.3 Å². The summed E-state index contributed by atoms with van der Waals surface area (Å²) in [5, 5.41) is 38.0. The number of allylic oxidation sites excluding steroid dienone is 2. The maximum atomic E-state index is 8.93. The summed E-state index contributed by atoms with van der Waals surface area (Å²) in [5.41, 5.74) is 0.234. The summed E-state index contributed by atoms with van der Waals surface area (Å²) in [4.78, 5) is 0. The highest BCUT2D eigenvalue weighted by Crippen LogP contribution is 2.30. The summed E-state index contributed by atoms with van der Waals surface area (Å²) in [6, 6.07) is 9.92. The zero-order valence-corrected chi connectivity index (χ0v) is 12.1. The van der Waals surface area contributed by atoms with Crippen LogP contribution in [0.25, 0.3) is 0 Å². The molecular weight excluding hydrogens is 377 g/mol. The Hall–Kier alpha value is -2.26. The van der Waals surface area contributed by atoms with Gasteiger partial charge in [-0.15, -0.1) is 0 Å². The molecule has 0 heterocycles. The minimum absolute atomic E-state index is 0.186. The first-order chi connectivity index (χ1) is 9.07. The minimum atomic E-state index is -0.335. The molecule has 1 aromatic rings. The predicted octanol–water partition coefficient (Wildman–Crippen LogP) is 3.05. The molecule has 7 heteroatoms. The number of nitriles is 4. The quantitative estimate of drug-likeness (QED) is 0.627. The monoisotopic (exact) mass is 379 g/mol. The number of halogens is 2. The summed E-state index contributed by atoms with van der Waals surface area (Å²) in [5.74, 6) is 0. The van der Waals surface area contributed by atoms with E-state index in [-0.39, 0.29) is 16.3 Å². The van der Waals surface area contributed by atoms with Gasteiger partial charge >= 0.3 is 0 Å². The normalized spacial score (nSPS) is 8.32. The standard InChI is InChI=1S/C12H3ClIN5/c13-9-1-7(3-15)2-10(14)12(9)19-11(6-18)8(4-16)5-17/h1-2,19H. The number of hydrogen-bond acceptors (Lipinski definition) is 5. The topological polar surface area (TPSA) is 107 Å². The van der Waals surface area contributed by atoms with Gasteiger partial charge in [-0.2, -0.15) is 21.0 Å². The first kappa shape index (κ1) is 14.8. The Morgan fingerprint density at radius 2 is 1.74 bits per heavy atom. The highest BCUT2D eigenvalue weighted by atomic mass is 127. The van der Waals surface area contributed by atoms with Gasteiger partial charge in [0.25, 0.3) is 0 Å². The smallest absolute Gasteiger partial charge is 0.163 e.